The average molecular weight is 377 g/mol. The number of benzene rings is 2. The number of hydrogen-bond donors (Lipinski definition) is 2. The van der Waals surface area contributed by atoms with Crippen molar-refractivity contribution in [3.63, 3.8) is 0 Å². The smallest absolute Gasteiger partial charge is 0.262 e. The van der Waals surface area contributed by atoms with Crippen LogP contribution in [-0.2, 0) is 10.0 Å². The molecule has 0 amide bonds. The first-order valence-corrected chi connectivity index (χ1v) is 9.00. The predicted octanol–water partition coefficient (Wildman–Crippen LogP) is 3.70. The van der Waals surface area contributed by atoms with Gasteiger partial charge in [-0.1, -0.05) is 11.6 Å². The summed E-state index contributed by atoms with van der Waals surface area (Å²) in [5, 5.41) is 7.90. The van der Waals surface area contributed by atoms with Crippen molar-refractivity contribution in [2.45, 2.75) is 4.90 Å². The number of hydrogen-bond acceptors (Lipinski definition) is 4. The molecule has 0 unspecified atom stereocenters. The fraction of sp³-hybridized carbons (Fsp3) is 0. The van der Waals surface area contributed by atoms with Gasteiger partial charge >= 0.3 is 0 Å². The van der Waals surface area contributed by atoms with Gasteiger partial charge in [0.25, 0.3) is 10.0 Å². The molecule has 0 atom stereocenters. The highest BCUT2D eigenvalue weighted by molar-refractivity contribution is 7.93. The van der Waals surface area contributed by atoms with Crippen LogP contribution in [0.3, 0.4) is 0 Å². The van der Waals surface area contributed by atoms with Crippen molar-refractivity contribution < 1.29 is 12.8 Å². The molecule has 25 heavy (non-hydrogen) atoms. The Morgan fingerprint density at radius 1 is 1.08 bits per heavy atom. The number of sulfonamides is 1. The number of rotatable bonds is 3. The van der Waals surface area contributed by atoms with Crippen LogP contribution in [0.5, 0.6) is 0 Å². The summed E-state index contributed by atoms with van der Waals surface area (Å²) in [6.07, 6.45) is 2.71. The minimum Gasteiger partial charge on any atom is -0.280 e. The molecule has 0 bridgehead atoms. The van der Waals surface area contributed by atoms with Crippen LogP contribution in [0.2, 0.25) is 5.15 Å². The molecule has 4 rings (SSSR count). The van der Waals surface area contributed by atoms with Crippen LogP contribution in [0.1, 0.15) is 0 Å². The summed E-state index contributed by atoms with van der Waals surface area (Å²) >= 11 is 5.98. The van der Waals surface area contributed by atoms with Crippen LogP contribution in [0, 0.1) is 5.82 Å². The van der Waals surface area contributed by atoms with Crippen molar-refractivity contribution >= 4 is 49.0 Å². The zero-order valence-electron chi connectivity index (χ0n) is 12.5. The Morgan fingerprint density at radius 3 is 2.76 bits per heavy atom. The van der Waals surface area contributed by atoms with Gasteiger partial charge in [0.15, 0.2) is 0 Å². The predicted molar refractivity (Wildman–Crippen MR) is 93.6 cm³/mol. The van der Waals surface area contributed by atoms with E-state index in [1.54, 1.807) is 18.2 Å². The second-order valence-corrected chi connectivity index (χ2v) is 7.37. The van der Waals surface area contributed by atoms with Crippen LogP contribution in [0.4, 0.5) is 10.1 Å². The topological polar surface area (TPSA) is 87.7 Å². The lowest BCUT2D eigenvalue weighted by atomic mass is 10.2. The molecule has 0 aliphatic carbocycles. The summed E-state index contributed by atoms with van der Waals surface area (Å²) in [6.45, 7) is 0. The minimum absolute atomic E-state index is 0.0373. The maximum atomic E-state index is 13.9. The van der Waals surface area contributed by atoms with Gasteiger partial charge in [-0.05, 0) is 36.4 Å². The number of nitrogens with one attached hydrogen (secondary N) is 2. The lowest BCUT2D eigenvalue weighted by Gasteiger charge is -2.11. The van der Waals surface area contributed by atoms with E-state index in [0.717, 1.165) is 6.07 Å². The highest BCUT2D eigenvalue weighted by Gasteiger charge is 2.19. The first-order valence-electron chi connectivity index (χ1n) is 7.14. The molecule has 2 N–H and O–H groups in total. The number of aromatic nitrogens is 3. The van der Waals surface area contributed by atoms with Crippen molar-refractivity contribution in [2.24, 2.45) is 0 Å². The number of pyridine rings is 1. The SMILES string of the molecule is O=S(=O)(Nc1ccc2n[nH]c(Cl)c2c1)c1ccc(F)c2cnccc12. The van der Waals surface area contributed by atoms with Gasteiger partial charge in [0.2, 0.25) is 0 Å². The third-order valence-corrected chi connectivity index (χ3v) is 5.50. The Balaban J connectivity index is 1.82. The summed E-state index contributed by atoms with van der Waals surface area (Å²) < 4.78 is 41.9. The van der Waals surface area contributed by atoms with Gasteiger partial charge in [-0.15, -0.1) is 0 Å². The second kappa shape index (κ2) is 5.68. The molecule has 2 heterocycles. The van der Waals surface area contributed by atoms with Crippen LogP contribution < -0.4 is 4.72 Å². The third kappa shape index (κ3) is 2.69. The highest BCUT2D eigenvalue weighted by atomic mass is 35.5. The van der Waals surface area contributed by atoms with Gasteiger partial charge in [0.05, 0.1) is 10.4 Å². The van der Waals surface area contributed by atoms with Crippen molar-refractivity contribution in [3.8, 4) is 0 Å². The van der Waals surface area contributed by atoms with Gasteiger partial charge in [-0.25, -0.2) is 12.8 Å². The summed E-state index contributed by atoms with van der Waals surface area (Å²) in [5.41, 5.74) is 0.939. The van der Waals surface area contributed by atoms with Crippen molar-refractivity contribution in [2.75, 3.05) is 4.72 Å². The minimum atomic E-state index is -3.94. The molecule has 2 aromatic heterocycles. The van der Waals surface area contributed by atoms with E-state index in [2.05, 4.69) is 19.9 Å². The normalized spacial score (nSPS) is 11.9. The van der Waals surface area contributed by atoms with Gasteiger partial charge in [-0.2, -0.15) is 5.10 Å². The molecular weight excluding hydrogens is 367 g/mol. The number of halogens is 2. The first kappa shape index (κ1) is 15.8. The molecular formula is C16H10ClFN4O2S. The van der Waals surface area contributed by atoms with Crippen LogP contribution >= 0.6 is 11.6 Å². The van der Waals surface area contributed by atoms with Gasteiger partial charge in [-0.3, -0.25) is 14.8 Å². The summed E-state index contributed by atoms with van der Waals surface area (Å²) in [6, 6.07) is 8.58. The first-order chi connectivity index (χ1) is 12.0. The highest BCUT2D eigenvalue weighted by Crippen LogP contribution is 2.28. The summed E-state index contributed by atoms with van der Waals surface area (Å²) in [4.78, 5) is 3.80. The molecule has 6 nitrogen and oxygen atoms in total. The standard InChI is InChI=1S/C16H10ClFN4O2S/c17-16-11-7-9(1-3-14(11)20-21-16)22-25(23,24)15-4-2-13(18)12-8-19-6-5-10(12)15/h1-8,22H,(H,20,21). The van der Waals surface area contributed by atoms with E-state index in [1.165, 1.54) is 24.5 Å². The lowest BCUT2D eigenvalue weighted by molar-refractivity contribution is 0.601. The molecule has 0 fully saturated rings. The van der Waals surface area contributed by atoms with Crippen molar-refractivity contribution in [3.05, 3.63) is 59.8 Å². The molecule has 0 spiro atoms. The number of aromatic amines is 1. The maximum absolute atomic E-state index is 13.9. The Kier molecular flexibility index (Phi) is 3.59. The Hall–Kier alpha value is -2.71. The number of anilines is 1. The van der Waals surface area contributed by atoms with Gasteiger partial charge in [0, 0.05) is 34.2 Å². The molecule has 0 saturated heterocycles. The van der Waals surface area contributed by atoms with E-state index >= 15 is 0 Å². The fourth-order valence-electron chi connectivity index (χ4n) is 2.61. The van der Waals surface area contributed by atoms with Crippen LogP contribution in [0.25, 0.3) is 21.7 Å². The monoisotopic (exact) mass is 376 g/mol. The van der Waals surface area contributed by atoms with Crippen molar-refractivity contribution in [1.82, 2.24) is 15.2 Å². The molecule has 126 valence electrons. The molecule has 0 aliphatic heterocycles. The Labute approximate surface area is 146 Å². The molecule has 4 aromatic rings. The molecule has 0 radical (unpaired) electrons. The number of fused-ring (bicyclic) bond motifs is 2. The summed E-state index contributed by atoms with van der Waals surface area (Å²) in [7, 11) is -3.94. The van der Waals surface area contributed by atoms with E-state index in [-0.39, 0.29) is 15.7 Å². The van der Waals surface area contributed by atoms with Gasteiger partial charge < -0.3 is 0 Å². The molecule has 2 aromatic carbocycles. The van der Waals surface area contributed by atoms with Gasteiger partial charge in [0.1, 0.15) is 11.0 Å². The second-order valence-electron chi connectivity index (χ2n) is 5.34. The molecule has 0 aliphatic rings. The van der Waals surface area contributed by atoms with E-state index in [1.807, 2.05) is 0 Å². The zero-order valence-corrected chi connectivity index (χ0v) is 14.1. The van der Waals surface area contributed by atoms with E-state index in [4.69, 9.17) is 11.6 Å². The van der Waals surface area contributed by atoms with Crippen LogP contribution in [-0.4, -0.2) is 23.6 Å². The van der Waals surface area contributed by atoms with Crippen LogP contribution in [0.15, 0.2) is 53.7 Å². The molecule has 0 saturated carbocycles. The Morgan fingerprint density at radius 2 is 1.92 bits per heavy atom. The Bertz CT molecular complexity index is 1220. The molecule has 9 heteroatoms. The largest absolute Gasteiger partial charge is 0.280 e. The number of H-pyrrole nitrogens is 1. The maximum Gasteiger partial charge on any atom is 0.262 e. The van der Waals surface area contributed by atoms with E-state index in [0.29, 0.717) is 21.7 Å². The lowest BCUT2D eigenvalue weighted by Crippen LogP contribution is -2.13. The van der Waals surface area contributed by atoms with Crippen molar-refractivity contribution in [1.29, 1.82) is 0 Å². The quantitative estimate of drug-likeness (QED) is 0.570. The third-order valence-electron chi connectivity index (χ3n) is 3.77. The van der Waals surface area contributed by atoms with E-state index < -0.39 is 15.8 Å². The number of nitrogens with zero attached hydrogens (tertiary/aromatic N) is 2. The summed E-state index contributed by atoms with van der Waals surface area (Å²) in [5.74, 6) is -0.534. The fourth-order valence-corrected chi connectivity index (χ4v) is 4.07. The zero-order chi connectivity index (χ0) is 17.6. The average Bonchev–Trinajstić information content (AvgIpc) is 2.96. The van der Waals surface area contributed by atoms with E-state index in [9.17, 15) is 12.8 Å².